The lowest BCUT2D eigenvalue weighted by atomic mass is 10.0. The SMILES string of the molecule is CN(C)C1CCN(C(=O)c2c3c(N4CCOCC4)ncnc3n3ccccc23)CC1. The molecule has 0 radical (unpaired) electrons. The first-order valence-corrected chi connectivity index (χ1v) is 10.7. The van der Waals surface area contributed by atoms with Crippen LogP contribution in [-0.2, 0) is 4.74 Å². The topological polar surface area (TPSA) is 66.2 Å². The fourth-order valence-electron chi connectivity index (χ4n) is 4.71. The van der Waals surface area contributed by atoms with Crippen LogP contribution < -0.4 is 4.90 Å². The fourth-order valence-corrected chi connectivity index (χ4v) is 4.71. The number of hydrogen-bond acceptors (Lipinski definition) is 6. The number of ether oxygens (including phenoxy) is 1. The van der Waals surface area contributed by atoms with Gasteiger partial charge in [-0.05, 0) is 39.1 Å². The third-order valence-electron chi connectivity index (χ3n) is 6.41. The molecule has 2 aliphatic rings. The van der Waals surface area contributed by atoms with Gasteiger partial charge in [-0.2, -0.15) is 0 Å². The molecule has 0 saturated carbocycles. The molecule has 5 rings (SSSR count). The number of carbonyl (C=O) groups excluding carboxylic acids is 1. The first-order chi connectivity index (χ1) is 14.6. The molecule has 3 aromatic rings. The zero-order valence-corrected chi connectivity index (χ0v) is 17.6. The molecule has 2 saturated heterocycles. The molecular weight excluding hydrogens is 380 g/mol. The summed E-state index contributed by atoms with van der Waals surface area (Å²) in [6.45, 7) is 4.41. The van der Waals surface area contributed by atoms with Gasteiger partial charge in [0.15, 0.2) is 5.65 Å². The summed E-state index contributed by atoms with van der Waals surface area (Å²) < 4.78 is 7.54. The Bertz CT molecular complexity index is 1060. The molecule has 5 heterocycles. The molecule has 0 unspecified atom stereocenters. The molecule has 1 amide bonds. The van der Waals surface area contributed by atoms with Gasteiger partial charge in [0.2, 0.25) is 0 Å². The molecule has 0 bridgehead atoms. The lowest BCUT2D eigenvalue weighted by Gasteiger charge is -2.35. The van der Waals surface area contributed by atoms with Gasteiger partial charge in [0, 0.05) is 38.4 Å². The number of rotatable bonds is 3. The van der Waals surface area contributed by atoms with Gasteiger partial charge in [-0.3, -0.25) is 4.79 Å². The van der Waals surface area contributed by atoms with Crippen LogP contribution in [0.4, 0.5) is 5.82 Å². The van der Waals surface area contributed by atoms with Crippen molar-refractivity contribution in [1.82, 2.24) is 24.2 Å². The van der Waals surface area contributed by atoms with Gasteiger partial charge < -0.3 is 23.8 Å². The van der Waals surface area contributed by atoms with Gasteiger partial charge in [0.25, 0.3) is 5.91 Å². The molecule has 8 heteroatoms. The van der Waals surface area contributed by atoms with E-state index in [0.717, 1.165) is 67.0 Å². The maximum absolute atomic E-state index is 13.8. The minimum absolute atomic E-state index is 0.0789. The van der Waals surface area contributed by atoms with Crippen molar-refractivity contribution in [2.24, 2.45) is 0 Å². The van der Waals surface area contributed by atoms with Crippen molar-refractivity contribution in [2.45, 2.75) is 18.9 Å². The number of aromatic nitrogens is 3. The van der Waals surface area contributed by atoms with Crippen molar-refractivity contribution in [1.29, 1.82) is 0 Å². The van der Waals surface area contributed by atoms with Crippen LogP contribution in [0.3, 0.4) is 0 Å². The predicted octanol–water partition coefficient (Wildman–Crippen LogP) is 1.89. The van der Waals surface area contributed by atoms with Crippen molar-refractivity contribution in [3.63, 3.8) is 0 Å². The monoisotopic (exact) mass is 408 g/mol. The molecule has 0 aromatic carbocycles. The largest absolute Gasteiger partial charge is 0.378 e. The third kappa shape index (κ3) is 3.20. The quantitative estimate of drug-likeness (QED) is 0.659. The van der Waals surface area contributed by atoms with Crippen LogP contribution in [0.15, 0.2) is 30.7 Å². The summed E-state index contributed by atoms with van der Waals surface area (Å²) in [5, 5.41) is 0.852. The highest BCUT2D eigenvalue weighted by molar-refractivity contribution is 6.16. The van der Waals surface area contributed by atoms with Crippen molar-refractivity contribution < 1.29 is 9.53 Å². The Morgan fingerprint density at radius 2 is 1.87 bits per heavy atom. The molecule has 3 aromatic heterocycles. The number of anilines is 1. The van der Waals surface area contributed by atoms with E-state index < -0.39 is 0 Å². The Kier molecular flexibility index (Phi) is 5.04. The third-order valence-corrected chi connectivity index (χ3v) is 6.41. The Hall–Kier alpha value is -2.71. The van der Waals surface area contributed by atoms with Crippen LogP contribution in [0, 0.1) is 0 Å². The standard InChI is InChI=1S/C22H28N6O2/c1-25(2)16-6-9-27(10-7-16)22(29)18-17-5-3-4-8-28(17)21-19(18)20(23-15-24-21)26-11-13-30-14-12-26/h3-5,8,15-16H,6-7,9-14H2,1-2H3. The van der Waals surface area contributed by atoms with Gasteiger partial charge in [-0.25, -0.2) is 9.97 Å². The molecule has 2 aliphatic heterocycles. The summed E-state index contributed by atoms with van der Waals surface area (Å²) in [5.41, 5.74) is 2.40. The second-order valence-electron chi connectivity index (χ2n) is 8.31. The average molecular weight is 409 g/mol. The maximum atomic E-state index is 13.8. The van der Waals surface area contributed by atoms with Crippen molar-refractivity contribution >= 4 is 28.3 Å². The summed E-state index contributed by atoms with van der Waals surface area (Å²) in [6, 6.07) is 6.49. The summed E-state index contributed by atoms with van der Waals surface area (Å²) >= 11 is 0. The molecule has 0 N–H and O–H groups in total. The Balaban J connectivity index is 1.62. The summed E-state index contributed by atoms with van der Waals surface area (Å²) in [6.07, 6.45) is 5.57. The van der Waals surface area contributed by atoms with Crippen molar-refractivity contribution in [2.75, 3.05) is 58.4 Å². The Morgan fingerprint density at radius 3 is 2.60 bits per heavy atom. The van der Waals surface area contributed by atoms with E-state index in [1.54, 1.807) is 6.33 Å². The highest BCUT2D eigenvalue weighted by atomic mass is 16.5. The maximum Gasteiger partial charge on any atom is 0.256 e. The Morgan fingerprint density at radius 1 is 1.10 bits per heavy atom. The van der Waals surface area contributed by atoms with E-state index >= 15 is 0 Å². The lowest BCUT2D eigenvalue weighted by Crippen LogP contribution is -2.44. The smallest absolute Gasteiger partial charge is 0.256 e. The van der Waals surface area contributed by atoms with E-state index in [1.165, 1.54) is 0 Å². The van der Waals surface area contributed by atoms with Gasteiger partial charge >= 0.3 is 0 Å². The first-order valence-electron chi connectivity index (χ1n) is 10.7. The van der Waals surface area contributed by atoms with Gasteiger partial charge in [0.05, 0.1) is 29.7 Å². The number of amides is 1. The van der Waals surface area contributed by atoms with Gasteiger partial charge in [-0.1, -0.05) is 6.07 Å². The number of fused-ring (bicyclic) bond motifs is 3. The Labute approximate surface area is 176 Å². The minimum atomic E-state index is 0.0789. The number of piperidine rings is 1. The molecule has 2 fully saturated rings. The summed E-state index contributed by atoms with van der Waals surface area (Å²) in [4.78, 5) is 29.5. The summed E-state index contributed by atoms with van der Waals surface area (Å²) in [7, 11) is 4.23. The molecule has 30 heavy (non-hydrogen) atoms. The van der Waals surface area contributed by atoms with E-state index in [4.69, 9.17) is 4.74 Å². The van der Waals surface area contributed by atoms with Gasteiger partial charge in [0.1, 0.15) is 12.1 Å². The highest BCUT2D eigenvalue weighted by Crippen LogP contribution is 2.33. The van der Waals surface area contributed by atoms with Crippen LogP contribution in [0.2, 0.25) is 0 Å². The first kappa shape index (κ1) is 19.3. The number of hydrogen-bond donors (Lipinski definition) is 0. The zero-order chi connectivity index (χ0) is 20.7. The lowest BCUT2D eigenvalue weighted by molar-refractivity contribution is 0.0667. The van der Waals surface area contributed by atoms with E-state index in [0.29, 0.717) is 19.3 Å². The number of likely N-dealkylation sites (tertiary alicyclic amines) is 1. The van der Waals surface area contributed by atoms with E-state index in [2.05, 4.69) is 33.9 Å². The second-order valence-corrected chi connectivity index (χ2v) is 8.31. The minimum Gasteiger partial charge on any atom is -0.378 e. The van der Waals surface area contributed by atoms with Crippen molar-refractivity contribution in [3.05, 3.63) is 36.3 Å². The van der Waals surface area contributed by atoms with Crippen LogP contribution in [0.5, 0.6) is 0 Å². The molecule has 0 atom stereocenters. The van der Waals surface area contributed by atoms with Crippen LogP contribution >= 0.6 is 0 Å². The number of carbonyl (C=O) groups is 1. The normalized spacial score (nSPS) is 18.6. The van der Waals surface area contributed by atoms with E-state index in [1.807, 2.05) is 33.7 Å². The highest BCUT2D eigenvalue weighted by Gasteiger charge is 2.30. The fraction of sp³-hybridized carbons (Fsp3) is 0.500. The molecular formula is C22H28N6O2. The number of pyridine rings is 1. The molecule has 8 nitrogen and oxygen atoms in total. The van der Waals surface area contributed by atoms with Crippen LogP contribution in [-0.4, -0.2) is 89.6 Å². The molecule has 158 valence electrons. The zero-order valence-electron chi connectivity index (χ0n) is 17.6. The average Bonchev–Trinajstić information content (AvgIpc) is 3.14. The second kappa shape index (κ2) is 7.85. The van der Waals surface area contributed by atoms with Crippen LogP contribution in [0.1, 0.15) is 23.2 Å². The van der Waals surface area contributed by atoms with Crippen molar-refractivity contribution in [3.8, 4) is 0 Å². The number of morpholine rings is 1. The molecule has 0 spiro atoms. The van der Waals surface area contributed by atoms with Gasteiger partial charge in [-0.15, -0.1) is 0 Å². The van der Waals surface area contributed by atoms with Crippen LogP contribution in [0.25, 0.3) is 16.6 Å². The van der Waals surface area contributed by atoms with E-state index in [-0.39, 0.29) is 5.91 Å². The van der Waals surface area contributed by atoms with E-state index in [9.17, 15) is 4.79 Å². The predicted molar refractivity (Wildman–Crippen MR) is 116 cm³/mol. The summed E-state index contributed by atoms with van der Waals surface area (Å²) in [5.74, 6) is 0.911. The molecule has 0 aliphatic carbocycles. The number of nitrogens with zero attached hydrogens (tertiary/aromatic N) is 6.